The second kappa shape index (κ2) is 2.82. The van der Waals surface area contributed by atoms with Crippen molar-refractivity contribution in [3.63, 3.8) is 0 Å². The molecule has 1 amide bonds. The van der Waals surface area contributed by atoms with Crippen molar-refractivity contribution in [2.24, 2.45) is 0 Å². The average molecular weight is 193 g/mol. The Morgan fingerprint density at radius 2 is 2.00 bits per heavy atom. The van der Waals surface area contributed by atoms with Gasteiger partial charge in [0.05, 0.1) is 0 Å². The highest BCUT2D eigenvalue weighted by molar-refractivity contribution is 5.68. The summed E-state index contributed by atoms with van der Waals surface area (Å²) in [5.74, 6) is -2.74. The maximum atomic E-state index is 12.3. The molecule has 1 aliphatic carbocycles. The quantitative estimate of drug-likeness (QED) is 0.690. The molecule has 0 aromatic rings. The van der Waals surface area contributed by atoms with E-state index in [0.717, 1.165) is 0 Å². The standard InChI is InChI=1S/C8H13F2NO2/c1-7(2,3)13-6(12)11-5-4-8(5,9)10/h5H,4H2,1-3H3,(H,11,12)/t5-/m0/s1. The number of alkyl halides is 2. The first-order valence-corrected chi connectivity index (χ1v) is 4.08. The molecule has 0 aromatic carbocycles. The van der Waals surface area contributed by atoms with Crippen molar-refractivity contribution in [3.8, 4) is 0 Å². The van der Waals surface area contributed by atoms with E-state index in [-0.39, 0.29) is 6.42 Å². The summed E-state index contributed by atoms with van der Waals surface area (Å²) in [5.41, 5.74) is -0.645. The van der Waals surface area contributed by atoms with E-state index in [1.807, 2.05) is 0 Å². The first-order valence-electron chi connectivity index (χ1n) is 4.08. The zero-order valence-corrected chi connectivity index (χ0v) is 7.86. The molecule has 0 heterocycles. The van der Waals surface area contributed by atoms with Crippen LogP contribution < -0.4 is 5.32 Å². The maximum absolute atomic E-state index is 12.3. The number of rotatable bonds is 1. The number of hydrogen-bond donors (Lipinski definition) is 1. The summed E-state index contributed by atoms with van der Waals surface area (Å²) in [6, 6.07) is -1.04. The maximum Gasteiger partial charge on any atom is 0.408 e. The summed E-state index contributed by atoms with van der Waals surface area (Å²) < 4.78 is 29.4. The van der Waals surface area contributed by atoms with Crippen molar-refractivity contribution in [1.82, 2.24) is 5.32 Å². The number of ether oxygens (including phenoxy) is 1. The lowest BCUT2D eigenvalue weighted by Gasteiger charge is -2.19. The molecular weight excluding hydrogens is 180 g/mol. The van der Waals surface area contributed by atoms with Crippen LogP contribution in [0.15, 0.2) is 0 Å². The molecule has 5 heteroatoms. The van der Waals surface area contributed by atoms with E-state index in [1.54, 1.807) is 20.8 Å². The first kappa shape index (κ1) is 10.2. The molecule has 0 radical (unpaired) electrons. The van der Waals surface area contributed by atoms with Crippen LogP contribution in [0.5, 0.6) is 0 Å². The smallest absolute Gasteiger partial charge is 0.408 e. The summed E-state index contributed by atoms with van der Waals surface area (Å²) in [4.78, 5) is 10.9. The Bertz CT molecular complexity index is 223. The zero-order valence-electron chi connectivity index (χ0n) is 7.86. The number of alkyl carbamates (subject to hydrolysis) is 1. The van der Waals surface area contributed by atoms with Gasteiger partial charge in [0, 0.05) is 6.42 Å². The van der Waals surface area contributed by atoms with Crippen LogP contribution in [0.3, 0.4) is 0 Å². The van der Waals surface area contributed by atoms with Gasteiger partial charge < -0.3 is 10.1 Å². The topological polar surface area (TPSA) is 38.3 Å². The highest BCUT2D eigenvalue weighted by Crippen LogP contribution is 2.41. The van der Waals surface area contributed by atoms with Crippen molar-refractivity contribution in [2.75, 3.05) is 0 Å². The number of hydrogen-bond acceptors (Lipinski definition) is 2. The molecule has 1 atom stereocenters. The highest BCUT2D eigenvalue weighted by Gasteiger charge is 2.58. The van der Waals surface area contributed by atoms with E-state index >= 15 is 0 Å². The molecule has 0 spiro atoms. The van der Waals surface area contributed by atoms with Gasteiger partial charge in [-0.25, -0.2) is 13.6 Å². The lowest BCUT2D eigenvalue weighted by Crippen LogP contribution is -2.35. The minimum absolute atomic E-state index is 0.285. The number of carbonyl (C=O) groups is 1. The van der Waals surface area contributed by atoms with Gasteiger partial charge in [-0.15, -0.1) is 0 Å². The third kappa shape index (κ3) is 3.16. The average Bonchev–Trinajstić information content (AvgIpc) is 2.32. The van der Waals surface area contributed by atoms with Crippen LogP contribution in [0.1, 0.15) is 27.2 Å². The Morgan fingerprint density at radius 1 is 1.54 bits per heavy atom. The number of nitrogens with one attached hydrogen (secondary N) is 1. The van der Waals surface area contributed by atoms with E-state index < -0.39 is 23.7 Å². The largest absolute Gasteiger partial charge is 0.444 e. The zero-order chi connectivity index (χ0) is 10.3. The molecule has 0 saturated heterocycles. The monoisotopic (exact) mass is 193 g/mol. The van der Waals surface area contributed by atoms with Gasteiger partial charge in [-0.3, -0.25) is 0 Å². The molecule has 1 fully saturated rings. The Hall–Kier alpha value is -0.870. The van der Waals surface area contributed by atoms with Crippen molar-refractivity contribution in [1.29, 1.82) is 0 Å². The molecule has 0 bridgehead atoms. The predicted octanol–water partition coefficient (Wildman–Crippen LogP) is 1.92. The Kier molecular flexibility index (Phi) is 2.21. The lowest BCUT2D eigenvalue weighted by atomic mass is 10.2. The van der Waals surface area contributed by atoms with Crippen LogP contribution >= 0.6 is 0 Å². The lowest BCUT2D eigenvalue weighted by molar-refractivity contribution is 0.0465. The second-order valence-corrected chi connectivity index (χ2v) is 4.16. The minimum atomic E-state index is -2.74. The summed E-state index contributed by atoms with van der Waals surface area (Å²) in [6.07, 6.45) is -1.07. The Morgan fingerprint density at radius 3 is 2.31 bits per heavy atom. The van der Waals surface area contributed by atoms with Crippen molar-refractivity contribution < 1.29 is 18.3 Å². The van der Waals surface area contributed by atoms with E-state index in [4.69, 9.17) is 4.74 Å². The molecular formula is C8H13F2NO2. The Balaban J connectivity index is 2.28. The number of amides is 1. The van der Waals surface area contributed by atoms with Crippen molar-refractivity contribution in [2.45, 2.75) is 44.8 Å². The third-order valence-corrected chi connectivity index (χ3v) is 1.52. The van der Waals surface area contributed by atoms with E-state index in [0.29, 0.717) is 0 Å². The van der Waals surface area contributed by atoms with Gasteiger partial charge in [0.25, 0.3) is 5.92 Å². The fourth-order valence-electron chi connectivity index (χ4n) is 0.820. The SMILES string of the molecule is CC(C)(C)OC(=O)N[C@H]1CC1(F)F. The van der Waals surface area contributed by atoms with Gasteiger partial charge in [-0.1, -0.05) is 0 Å². The van der Waals surface area contributed by atoms with Crippen LogP contribution in [0.4, 0.5) is 13.6 Å². The van der Waals surface area contributed by atoms with E-state index in [2.05, 4.69) is 5.32 Å². The molecule has 1 aliphatic rings. The van der Waals surface area contributed by atoms with Gasteiger partial charge in [-0.2, -0.15) is 0 Å². The van der Waals surface area contributed by atoms with E-state index in [9.17, 15) is 13.6 Å². The fraction of sp³-hybridized carbons (Fsp3) is 0.875. The molecule has 1 saturated carbocycles. The second-order valence-electron chi connectivity index (χ2n) is 4.16. The van der Waals surface area contributed by atoms with Crippen LogP contribution in [-0.2, 0) is 4.74 Å². The molecule has 76 valence electrons. The molecule has 0 unspecified atom stereocenters. The first-order chi connectivity index (χ1) is 5.71. The van der Waals surface area contributed by atoms with Crippen LogP contribution in [0, 0.1) is 0 Å². The molecule has 1 rings (SSSR count). The normalized spacial score (nSPS) is 25.2. The minimum Gasteiger partial charge on any atom is -0.444 e. The molecule has 1 N–H and O–H groups in total. The summed E-state index contributed by atoms with van der Waals surface area (Å²) in [6.45, 7) is 5.03. The van der Waals surface area contributed by atoms with Crippen molar-refractivity contribution >= 4 is 6.09 Å². The molecule has 3 nitrogen and oxygen atoms in total. The van der Waals surface area contributed by atoms with E-state index in [1.165, 1.54) is 0 Å². The molecule has 0 aliphatic heterocycles. The van der Waals surface area contributed by atoms with Gasteiger partial charge >= 0.3 is 6.09 Å². The van der Waals surface area contributed by atoms with Gasteiger partial charge in [0.1, 0.15) is 11.6 Å². The Labute approximate surface area is 75.4 Å². The summed E-state index contributed by atoms with van der Waals surface area (Å²) in [5, 5.41) is 2.09. The van der Waals surface area contributed by atoms with Gasteiger partial charge in [-0.05, 0) is 20.8 Å². The van der Waals surface area contributed by atoms with Crippen LogP contribution in [0.2, 0.25) is 0 Å². The van der Waals surface area contributed by atoms with Gasteiger partial charge in [0.15, 0.2) is 0 Å². The third-order valence-electron chi connectivity index (χ3n) is 1.52. The summed E-state index contributed by atoms with van der Waals surface area (Å²) >= 11 is 0. The summed E-state index contributed by atoms with van der Waals surface area (Å²) in [7, 11) is 0. The number of halogens is 2. The van der Waals surface area contributed by atoms with Crippen LogP contribution in [0.25, 0.3) is 0 Å². The predicted molar refractivity (Wildman–Crippen MR) is 42.7 cm³/mol. The van der Waals surface area contributed by atoms with Crippen LogP contribution in [-0.4, -0.2) is 23.7 Å². The molecule has 0 aromatic heterocycles. The van der Waals surface area contributed by atoms with Gasteiger partial charge in [0.2, 0.25) is 0 Å². The fourth-order valence-corrected chi connectivity index (χ4v) is 0.820. The highest BCUT2D eigenvalue weighted by atomic mass is 19.3. The number of carbonyl (C=O) groups excluding carboxylic acids is 1. The molecule has 13 heavy (non-hydrogen) atoms. The van der Waals surface area contributed by atoms with Crippen molar-refractivity contribution in [3.05, 3.63) is 0 Å².